The molecule has 0 aromatic heterocycles. The lowest BCUT2D eigenvalue weighted by Gasteiger charge is -2.29. The number of morpholine rings is 1. The molecule has 2 saturated heterocycles. The van der Waals surface area contributed by atoms with Gasteiger partial charge in [0.25, 0.3) is 0 Å². The van der Waals surface area contributed by atoms with Crippen LogP contribution < -0.4 is 10.1 Å². The molecular formula is C22H31F3N4O2. The summed E-state index contributed by atoms with van der Waals surface area (Å²) in [7, 11) is 0. The largest absolute Gasteiger partial charge is 0.573 e. The Morgan fingerprint density at radius 2 is 2.00 bits per heavy atom. The number of nitrogens with zero attached hydrogens (tertiary/aromatic N) is 3. The molecular weight excluding hydrogens is 409 g/mol. The summed E-state index contributed by atoms with van der Waals surface area (Å²) in [5.74, 6) is 1.35. The Bertz CT molecular complexity index is 767. The highest BCUT2D eigenvalue weighted by molar-refractivity contribution is 5.81. The van der Waals surface area contributed by atoms with E-state index in [9.17, 15) is 13.2 Å². The van der Waals surface area contributed by atoms with Crippen LogP contribution in [0.15, 0.2) is 29.3 Å². The van der Waals surface area contributed by atoms with Crippen molar-refractivity contribution in [1.29, 1.82) is 0 Å². The van der Waals surface area contributed by atoms with Crippen molar-refractivity contribution in [2.75, 3.05) is 52.5 Å². The highest BCUT2D eigenvalue weighted by Crippen LogP contribution is 2.45. The topological polar surface area (TPSA) is 49.3 Å². The van der Waals surface area contributed by atoms with Crippen molar-refractivity contribution in [3.63, 3.8) is 0 Å². The van der Waals surface area contributed by atoms with E-state index in [1.807, 2.05) is 6.92 Å². The molecule has 4 rings (SSSR count). The zero-order chi connectivity index (χ0) is 21.8. The number of likely N-dealkylation sites (tertiary alicyclic amines) is 1. The van der Waals surface area contributed by atoms with Crippen molar-refractivity contribution >= 4 is 5.96 Å². The van der Waals surface area contributed by atoms with Crippen LogP contribution in [0, 0.1) is 5.92 Å². The fourth-order valence-electron chi connectivity index (χ4n) is 4.58. The smallest absolute Gasteiger partial charge is 0.405 e. The van der Waals surface area contributed by atoms with E-state index in [1.165, 1.54) is 6.07 Å². The molecule has 0 amide bonds. The van der Waals surface area contributed by atoms with Gasteiger partial charge in [-0.05, 0) is 37.3 Å². The zero-order valence-corrected chi connectivity index (χ0v) is 17.9. The van der Waals surface area contributed by atoms with Crippen LogP contribution in [-0.4, -0.2) is 80.6 Å². The quantitative estimate of drug-likeness (QED) is 0.544. The third-order valence-corrected chi connectivity index (χ3v) is 6.16. The molecule has 2 aliphatic heterocycles. The van der Waals surface area contributed by atoms with Crippen molar-refractivity contribution in [3.05, 3.63) is 29.8 Å². The summed E-state index contributed by atoms with van der Waals surface area (Å²) in [5.41, 5.74) is 0.597. The van der Waals surface area contributed by atoms with Gasteiger partial charge in [0.2, 0.25) is 0 Å². The van der Waals surface area contributed by atoms with Crippen molar-refractivity contribution in [1.82, 2.24) is 15.1 Å². The van der Waals surface area contributed by atoms with Crippen LogP contribution in [0.25, 0.3) is 0 Å². The van der Waals surface area contributed by atoms with Crippen molar-refractivity contribution < 1.29 is 22.6 Å². The summed E-state index contributed by atoms with van der Waals surface area (Å²) < 4.78 is 47.9. The number of halogens is 3. The van der Waals surface area contributed by atoms with Crippen LogP contribution in [0.3, 0.4) is 0 Å². The lowest BCUT2D eigenvalue weighted by Crippen LogP contribution is -2.43. The van der Waals surface area contributed by atoms with Gasteiger partial charge in [-0.1, -0.05) is 18.2 Å². The first-order valence-corrected chi connectivity index (χ1v) is 11.1. The molecule has 3 unspecified atom stereocenters. The molecule has 1 aromatic rings. The van der Waals surface area contributed by atoms with Gasteiger partial charge in [-0.3, -0.25) is 9.89 Å². The number of aliphatic imine (C=N–C) groups is 1. The monoisotopic (exact) mass is 440 g/mol. The van der Waals surface area contributed by atoms with Gasteiger partial charge in [0.05, 0.1) is 13.2 Å². The fraction of sp³-hybridized carbons (Fsp3) is 0.682. The molecule has 172 valence electrons. The number of ether oxygens (including phenoxy) is 2. The standard InChI is InChI=1S/C22H31F3N4O2/c1-2-26-21(29-8-7-16(15-29)14-28-9-11-30-12-10-28)27-19-13-18(19)17-5-3-4-6-20(17)31-22(23,24)25/h3-6,16,18-19H,2,7-15H2,1H3,(H,26,27). The number of benzene rings is 1. The van der Waals surface area contributed by atoms with Gasteiger partial charge in [0.15, 0.2) is 5.96 Å². The van der Waals surface area contributed by atoms with E-state index in [2.05, 4.69) is 24.8 Å². The average molecular weight is 441 g/mol. The van der Waals surface area contributed by atoms with Gasteiger partial charge in [-0.25, -0.2) is 0 Å². The van der Waals surface area contributed by atoms with Crippen LogP contribution in [0.2, 0.25) is 0 Å². The molecule has 1 saturated carbocycles. The molecule has 1 aromatic carbocycles. The number of hydrogen-bond donors (Lipinski definition) is 1. The Balaban J connectivity index is 1.34. The Kier molecular flexibility index (Phi) is 6.91. The molecule has 3 atom stereocenters. The van der Waals surface area contributed by atoms with E-state index in [1.54, 1.807) is 18.2 Å². The van der Waals surface area contributed by atoms with Crippen LogP contribution >= 0.6 is 0 Å². The minimum Gasteiger partial charge on any atom is -0.405 e. The molecule has 3 fully saturated rings. The summed E-state index contributed by atoms with van der Waals surface area (Å²) in [6.45, 7) is 9.25. The predicted molar refractivity (Wildman–Crippen MR) is 112 cm³/mol. The summed E-state index contributed by atoms with van der Waals surface area (Å²) in [4.78, 5) is 9.43. The highest BCUT2D eigenvalue weighted by Gasteiger charge is 2.43. The Morgan fingerprint density at radius 3 is 2.74 bits per heavy atom. The third-order valence-electron chi connectivity index (χ3n) is 6.16. The van der Waals surface area contributed by atoms with Crippen molar-refractivity contribution in [3.8, 4) is 5.75 Å². The maximum Gasteiger partial charge on any atom is 0.573 e. The second-order valence-electron chi connectivity index (χ2n) is 8.49. The SMILES string of the molecule is CCN=C(NC1CC1c1ccccc1OC(F)(F)F)N1CCC(CN2CCOCC2)C1. The van der Waals surface area contributed by atoms with Gasteiger partial charge in [0, 0.05) is 51.2 Å². The number of nitrogens with one attached hydrogen (secondary N) is 1. The van der Waals surface area contributed by atoms with Gasteiger partial charge < -0.3 is 19.7 Å². The van der Waals surface area contributed by atoms with Crippen LogP contribution in [0.1, 0.15) is 31.2 Å². The van der Waals surface area contributed by atoms with Crippen molar-refractivity contribution in [2.45, 2.75) is 38.1 Å². The molecule has 31 heavy (non-hydrogen) atoms. The summed E-state index contributed by atoms with van der Waals surface area (Å²) >= 11 is 0. The Morgan fingerprint density at radius 1 is 1.23 bits per heavy atom. The van der Waals surface area contributed by atoms with Crippen LogP contribution in [-0.2, 0) is 4.74 Å². The summed E-state index contributed by atoms with van der Waals surface area (Å²) in [5, 5.41) is 3.50. The molecule has 1 N–H and O–H groups in total. The van der Waals surface area contributed by atoms with E-state index in [4.69, 9.17) is 4.74 Å². The minimum absolute atomic E-state index is 0.00708. The summed E-state index contributed by atoms with van der Waals surface area (Å²) in [6, 6.07) is 6.50. The predicted octanol–water partition coefficient (Wildman–Crippen LogP) is 3.06. The number of alkyl halides is 3. The Labute approximate surface area is 181 Å². The molecule has 6 nitrogen and oxygen atoms in total. The normalized spacial score (nSPS) is 27.4. The maximum atomic E-state index is 12.7. The Hall–Kier alpha value is -2.00. The molecule has 9 heteroatoms. The number of rotatable bonds is 6. The second kappa shape index (κ2) is 9.65. The van der Waals surface area contributed by atoms with Gasteiger partial charge in [-0.15, -0.1) is 13.2 Å². The second-order valence-corrected chi connectivity index (χ2v) is 8.49. The van der Waals surface area contributed by atoms with E-state index < -0.39 is 6.36 Å². The third kappa shape index (κ3) is 6.04. The molecule has 1 aliphatic carbocycles. The molecule has 0 spiro atoms. The average Bonchev–Trinajstić information content (AvgIpc) is 3.34. The summed E-state index contributed by atoms with van der Waals surface area (Å²) in [6.07, 6.45) is -2.79. The zero-order valence-electron chi connectivity index (χ0n) is 17.9. The minimum atomic E-state index is -4.69. The van der Waals surface area contributed by atoms with E-state index in [0.29, 0.717) is 18.0 Å². The maximum absolute atomic E-state index is 12.7. The molecule has 0 bridgehead atoms. The first kappa shape index (κ1) is 22.2. The molecule has 0 radical (unpaired) electrons. The lowest BCUT2D eigenvalue weighted by molar-refractivity contribution is -0.274. The van der Waals surface area contributed by atoms with Crippen LogP contribution in [0.4, 0.5) is 13.2 Å². The number of hydrogen-bond acceptors (Lipinski definition) is 4. The van der Waals surface area contributed by atoms with Gasteiger partial charge in [-0.2, -0.15) is 0 Å². The number of guanidine groups is 1. The van der Waals surface area contributed by atoms with E-state index in [-0.39, 0.29) is 17.7 Å². The molecule has 3 aliphatic rings. The van der Waals surface area contributed by atoms with E-state index >= 15 is 0 Å². The number of para-hydroxylation sites is 1. The lowest BCUT2D eigenvalue weighted by atomic mass is 10.1. The van der Waals surface area contributed by atoms with Gasteiger partial charge in [0.1, 0.15) is 5.75 Å². The fourth-order valence-corrected chi connectivity index (χ4v) is 4.58. The van der Waals surface area contributed by atoms with E-state index in [0.717, 1.165) is 64.7 Å². The first-order chi connectivity index (χ1) is 14.9. The molecule has 2 heterocycles. The van der Waals surface area contributed by atoms with Crippen LogP contribution in [0.5, 0.6) is 5.75 Å². The van der Waals surface area contributed by atoms with Gasteiger partial charge >= 0.3 is 6.36 Å². The van der Waals surface area contributed by atoms with Crippen molar-refractivity contribution in [2.24, 2.45) is 10.9 Å². The first-order valence-electron chi connectivity index (χ1n) is 11.1. The highest BCUT2D eigenvalue weighted by atomic mass is 19.4.